The molecule has 0 saturated carbocycles. The lowest BCUT2D eigenvalue weighted by Crippen LogP contribution is -2.35. The lowest BCUT2D eigenvalue weighted by molar-refractivity contribution is 0.0653. The molecule has 0 bridgehead atoms. The van der Waals surface area contributed by atoms with E-state index in [-0.39, 0.29) is 18.0 Å². The fourth-order valence-corrected chi connectivity index (χ4v) is 3.96. The quantitative estimate of drug-likeness (QED) is 0.699. The first-order valence-electron chi connectivity index (χ1n) is 9.53. The first-order valence-corrected chi connectivity index (χ1v) is 9.53. The van der Waals surface area contributed by atoms with E-state index < -0.39 is 23.6 Å². The second-order valence-corrected chi connectivity index (χ2v) is 7.17. The maximum Gasteiger partial charge on any atom is 0.254 e. The zero-order chi connectivity index (χ0) is 21.3. The van der Waals surface area contributed by atoms with Crippen LogP contribution in [0.1, 0.15) is 50.0 Å². The Balaban J connectivity index is 1.79. The smallest absolute Gasteiger partial charge is 0.254 e. The molecule has 0 radical (unpaired) electrons. The van der Waals surface area contributed by atoms with Gasteiger partial charge in [0.25, 0.3) is 11.8 Å². The average molecular weight is 407 g/mol. The number of pyridine rings is 1. The average Bonchev–Trinajstić information content (AvgIpc) is 3.16. The molecule has 0 aliphatic heterocycles. The molecule has 4 rings (SSSR count). The molecule has 2 amide bonds. The van der Waals surface area contributed by atoms with Crippen LogP contribution in [0, 0.1) is 11.6 Å². The molecule has 0 unspecified atom stereocenters. The number of carbonyl (C=O) groups excluding carboxylic acids is 2. The van der Waals surface area contributed by atoms with E-state index in [1.54, 1.807) is 36.4 Å². The van der Waals surface area contributed by atoms with E-state index in [9.17, 15) is 18.4 Å². The molecule has 0 saturated heterocycles. The van der Waals surface area contributed by atoms with E-state index in [1.165, 1.54) is 23.2 Å². The maximum atomic E-state index is 14.3. The van der Waals surface area contributed by atoms with Gasteiger partial charge in [0, 0.05) is 17.8 Å². The van der Waals surface area contributed by atoms with Gasteiger partial charge in [0.05, 0.1) is 23.8 Å². The van der Waals surface area contributed by atoms with Crippen LogP contribution < -0.4 is 5.73 Å². The van der Waals surface area contributed by atoms with E-state index in [0.717, 1.165) is 6.07 Å². The molecular formula is C23H19F2N3O2. The van der Waals surface area contributed by atoms with Gasteiger partial charge in [-0.25, -0.2) is 8.78 Å². The molecule has 30 heavy (non-hydrogen) atoms. The Morgan fingerprint density at radius 3 is 2.60 bits per heavy atom. The lowest BCUT2D eigenvalue weighted by atomic mass is 10.0. The molecule has 1 aliphatic carbocycles. The van der Waals surface area contributed by atoms with Crippen molar-refractivity contribution in [2.24, 2.45) is 5.73 Å². The van der Waals surface area contributed by atoms with Crippen LogP contribution in [-0.4, -0.2) is 21.7 Å². The molecule has 1 heterocycles. The normalized spacial score (nSPS) is 14.9. The number of benzene rings is 2. The van der Waals surface area contributed by atoms with Crippen molar-refractivity contribution >= 4 is 11.8 Å². The Morgan fingerprint density at radius 2 is 1.87 bits per heavy atom. The number of nitrogens with zero attached hydrogens (tertiary/aromatic N) is 2. The summed E-state index contributed by atoms with van der Waals surface area (Å²) in [6.45, 7) is -0.0188. The minimum atomic E-state index is -0.694. The summed E-state index contributed by atoms with van der Waals surface area (Å²) in [5.74, 6) is -2.29. The van der Waals surface area contributed by atoms with Gasteiger partial charge in [-0.05, 0) is 54.3 Å². The number of hydrogen-bond donors (Lipinski definition) is 1. The van der Waals surface area contributed by atoms with E-state index in [2.05, 4.69) is 4.98 Å². The fraction of sp³-hybridized carbons (Fsp3) is 0.174. The van der Waals surface area contributed by atoms with Crippen LogP contribution in [0.25, 0.3) is 0 Å². The van der Waals surface area contributed by atoms with Crippen LogP contribution in [0.5, 0.6) is 0 Å². The summed E-state index contributed by atoms with van der Waals surface area (Å²) in [5, 5.41) is 0. The van der Waals surface area contributed by atoms with Gasteiger partial charge in [0.15, 0.2) is 0 Å². The van der Waals surface area contributed by atoms with Gasteiger partial charge in [-0.2, -0.15) is 0 Å². The molecular weight excluding hydrogens is 388 g/mol. The predicted octanol–water partition coefficient (Wildman–Crippen LogP) is 3.79. The van der Waals surface area contributed by atoms with Gasteiger partial charge in [-0.1, -0.05) is 18.2 Å². The summed E-state index contributed by atoms with van der Waals surface area (Å²) in [7, 11) is 0. The van der Waals surface area contributed by atoms with E-state index >= 15 is 0 Å². The van der Waals surface area contributed by atoms with Crippen LogP contribution in [0.3, 0.4) is 0 Å². The summed E-state index contributed by atoms with van der Waals surface area (Å²) in [6.07, 6.45) is 2.33. The standard InChI is InChI=1S/C23H19F2N3O2/c24-15-11-18-16(19(25)12-15)8-9-21(18)28(23(30)14-5-2-1-3-6-14)13-20-17(22(26)29)7-4-10-27-20/h1-7,10-12,21H,8-9,13H2,(H2,26,29)/t21-/m1/s1. The van der Waals surface area contributed by atoms with Gasteiger partial charge >= 0.3 is 0 Å². The molecule has 0 fully saturated rings. The summed E-state index contributed by atoms with van der Waals surface area (Å²) >= 11 is 0. The summed E-state index contributed by atoms with van der Waals surface area (Å²) in [4.78, 5) is 31.0. The highest BCUT2D eigenvalue weighted by Gasteiger charge is 2.34. The third-order valence-electron chi connectivity index (χ3n) is 5.36. The first kappa shape index (κ1) is 19.7. The SMILES string of the molecule is NC(=O)c1cccnc1CN(C(=O)c1ccccc1)[C@@H]1CCc2c(F)cc(F)cc21. The van der Waals surface area contributed by atoms with Crippen molar-refractivity contribution in [3.8, 4) is 0 Å². The molecule has 2 N–H and O–H groups in total. The Bertz CT molecular complexity index is 1120. The minimum Gasteiger partial charge on any atom is -0.366 e. The molecule has 152 valence electrons. The van der Waals surface area contributed by atoms with Crippen molar-refractivity contribution in [2.45, 2.75) is 25.4 Å². The minimum absolute atomic E-state index is 0.0188. The monoisotopic (exact) mass is 407 g/mol. The summed E-state index contributed by atoms with van der Waals surface area (Å²) < 4.78 is 28.3. The largest absolute Gasteiger partial charge is 0.366 e. The zero-order valence-electron chi connectivity index (χ0n) is 16.0. The van der Waals surface area contributed by atoms with Crippen LogP contribution in [0.15, 0.2) is 60.8 Å². The molecule has 1 aromatic heterocycles. The van der Waals surface area contributed by atoms with Crippen molar-refractivity contribution in [1.82, 2.24) is 9.88 Å². The summed E-state index contributed by atoms with van der Waals surface area (Å²) in [6, 6.07) is 13.3. The van der Waals surface area contributed by atoms with Gasteiger partial charge in [0.2, 0.25) is 0 Å². The molecule has 3 aromatic rings. The van der Waals surface area contributed by atoms with Gasteiger partial charge in [-0.3, -0.25) is 14.6 Å². The Labute approximate surface area is 172 Å². The molecule has 1 atom stereocenters. The van der Waals surface area contributed by atoms with Crippen molar-refractivity contribution in [2.75, 3.05) is 0 Å². The molecule has 7 heteroatoms. The number of hydrogen-bond acceptors (Lipinski definition) is 3. The van der Waals surface area contributed by atoms with Crippen LogP contribution >= 0.6 is 0 Å². The number of nitrogens with two attached hydrogens (primary N) is 1. The highest BCUT2D eigenvalue weighted by Crippen LogP contribution is 2.39. The fourth-order valence-electron chi connectivity index (χ4n) is 3.96. The number of fused-ring (bicyclic) bond motifs is 1. The van der Waals surface area contributed by atoms with Crippen LogP contribution in [-0.2, 0) is 13.0 Å². The number of rotatable bonds is 5. The van der Waals surface area contributed by atoms with Gasteiger partial charge in [0.1, 0.15) is 11.6 Å². The van der Waals surface area contributed by atoms with Gasteiger partial charge in [-0.15, -0.1) is 0 Å². The number of halogens is 2. The van der Waals surface area contributed by atoms with E-state index in [0.29, 0.717) is 35.2 Å². The highest BCUT2D eigenvalue weighted by atomic mass is 19.1. The van der Waals surface area contributed by atoms with Crippen molar-refractivity contribution in [3.63, 3.8) is 0 Å². The van der Waals surface area contributed by atoms with Crippen molar-refractivity contribution in [1.29, 1.82) is 0 Å². The second-order valence-electron chi connectivity index (χ2n) is 7.17. The topological polar surface area (TPSA) is 76.3 Å². The molecule has 2 aromatic carbocycles. The molecule has 0 spiro atoms. The third kappa shape index (κ3) is 3.66. The third-order valence-corrected chi connectivity index (χ3v) is 5.36. The molecule has 5 nitrogen and oxygen atoms in total. The second kappa shape index (κ2) is 8.02. The van der Waals surface area contributed by atoms with E-state index in [1.807, 2.05) is 0 Å². The number of amides is 2. The van der Waals surface area contributed by atoms with E-state index in [4.69, 9.17) is 5.73 Å². The summed E-state index contributed by atoms with van der Waals surface area (Å²) in [5.41, 5.74) is 7.27. The Morgan fingerprint density at radius 1 is 1.10 bits per heavy atom. The zero-order valence-corrected chi connectivity index (χ0v) is 16.0. The lowest BCUT2D eigenvalue weighted by Gasteiger charge is -2.30. The predicted molar refractivity (Wildman–Crippen MR) is 106 cm³/mol. The number of aromatic nitrogens is 1. The maximum absolute atomic E-state index is 14.3. The van der Waals surface area contributed by atoms with Crippen molar-refractivity contribution in [3.05, 3.63) is 100 Å². The number of carbonyl (C=O) groups is 2. The van der Waals surface area contributed by atoms with Crippen LogP contribution in [0.2, 0.25) is 0 Å². The Kier molecular flexibility index (Phi) is 5.27. The highest BCUT2D eigenvalue weighted by molar-refractivity contribution is 5.96. The van der Waals surface area contributed by atoms with Crippen LogP contribution in [0.4, 0.5) is 8.78 Å². The Hall–Kier alpha value is -3.61. The number of primary amides is 1. The van der Waals surface area contributed by atoms with Crippen molar-refractivity contribution < 1.29 is 18.4 Å². The van der Waals surface area contributed by atoms with Gasteiger partial charge < -0.3 is 10.6 Å². The first-order chi connectivity index (χ1) is 14.5. The molecule has 1 aliphatic rings.